The number of nitrogen functional groups attached to an aromatic ring is 1. The van der Waals surface area contributed by atoms with Gasteiger partial charge in [0, 0.05) is 49.0 Å². The normalized spacial score (nSPS) is 28.2. The number of hydrogen-bond donors (Lipinski definition) is 1. The third-order valence-corrected chi connectivity index (χ3v) is 6.94. The van der Waals surface area contributed by atoms with Crippen LogP contribution in [-0.4, -0.2) is 58.1 Å². The molecule has 174 valence electrons. The summed E-state index contributed by atoms with van der Waals surface area (Å²) in [5.41, 5.74) is 6.62. The molecule has 3 heterocycles. The van der Waals surface area contributed by atoms with Gasteiger partial charge < -0.3 is 19.8 Å². The van der Waals surface area contributed by atoms with Gasteiger partial charge in [-0.1, -0.05) is 13.8 Å². The second-order valence-electron chi connectivity index (χ2n) is 9.29. The lowest BCUT2D eigenvalue weighted by molar-refractivity contribution is -0.274. The number of nitrogens with two attached hydrogens (primary N) is 1. The molecule has 1 saturated heterocycles. The maximum atomic E-state index is 12.7. The first-order valence-electron chi connectivity index (χ1n) is 11.1. The van der Waals surface area contributed by atoms with Crippen molar-refractivity contribution in [1.29, 1.82) is 0 Å². The Morgan fingerprint density at radius 2 is 1.88 bits per heavy atom. The molecule has 1 aliphatic heterocycles. The van der Waals surface area contributed by atoms with Crippen LogP contribution in [0.25, 0.3) is 11.3 Å². The summed E-state index contributed by atoms with van der Waals surface area (Å²) in [5, 5.41) is 0. The third kappa shape index (κ3) is 4.05. The molecule has 10 heteroatoms. The number of morpholine rings is 1. The van der Waals surface area contributed by atoms with E-state index >= 15 is 0 Å². The van der Waals surface area contributed by atoms with Gasteiger partial charge in [0.15, 0.2) is 11.6 Å². The number of fused-ring (bicyclic) bond motifs is 1. The SMILES string of the molecule is CC(C)c1nc(-c2cnc(N)c(OC(F)(F)F)c2)cn1[C@@H]1[C@@H]2C[C@H](N3CCOCC3)C[C@@H]21. The van der Waals surface area contributed by atoms with Crippen LogP contribution >= 0.6 is 0 Å². The third-order valence-electron chi connectivity index (χ3n) is 6.94. The molecule has 0 bridgehead atoms. The average molecular weight is 451 g/mol. The van der Waals surface area contributed by atoms with Crippen molar-refractivity contribution in [2.24, 2.45) is 11.8 Å². The molecule has 3 aliphatic rings. The number of aromatic nitrogens is 3. The first-order chi connectivity index (χ1) is 15.2. The topological polar surface area (TPSA) is 78.4 Å². The molecule has 0 spiro atoms. The van der Waals surface area contributed by atoms with Gasteiger partial charge in [-0.15, -0.1) is 13.2 Å². The Kier molecular flexibility index (Phi) is 5.32. The molecule has 2 N–H and O–H groups in total. The molecule has 5 rings (SSSR count). The van der Waals surface area contributed by atoms with Gasteiger partial charge in [-0.25, -0.2) is 9.97 Å². The van der Waals surface area contributed by atoms with E-state index in [1.54, 1.807) is 0 Å². The average Bonchev–Trinajstić information content (AvgIpc) is 3.09. The number of halogens is 3. The maximum absolute atomic E-state index is 12.7. The minimum absolute atomic E-state index is 0.188. The van der Waals surface area contributed by atoms with Gasteiger partial charge >= 0.3 is 6.36 Å². The van der Waals surface area contributed by atoms with E-state index < -0.39 is 12.1 Å². The molecule has 0 amide bonds. The lowest BCUT2D eigenvalue weighted by atomic mass is 10.1. The first-order valence-corrected chi connectivity index (χ1v) is 11.1. The minimum atomic E-state index is -4.83. The van der Waals surface area contributed by atoms with Crippen LogP contribution < -0.4 is 10.5 Å². The number of pyridine rings is 1. The van der Waals surface area contributed by atoms with E-state index in [1.807, 2.05) is 6.20 Å². The van der Waals surface area contributed by atoms with Crippen LogP contribution in [0.1, 0.15) is 44.5 Å². The molecule has 2 aromatic heterocycles. The highest BCUT2D eigenvalue weighted by atomic mass is 19.4. The number of hydrogen-bond acceptors (Lipinski definition) is 6. The molecule has 2 aliphatic carbocycles. The minimum Gasteiger partial charge on any atom is -0.402 e. The summed E-state index contributed by atoms with van der Waals surface area (Å²) in [4.78, 5) is 11.2. The summed E-state index contributed by atoms with van der Waals surface area (Å²) in [6.45, 7) is 7.80. The summed E-state index contributed by atoms with van der Waals surface area (Å²) in [6.07, 6.45) is 0.907. The molecule has 2 aromatic rings. The highest BCUT2D eigenvalue weighted by molar-refractivity contribution is 5.64. The zero-order valence-electron chi connectivity index (χ0n) is 18.2. The number of anilines is 1. The van der Waals surface area contributed by atoms with E-state index in [1.165, 1.54) is 25.1 Å². The number of ether oxygens (including phenoxy) is 2. The molecule has 32 heavy (non-hydrogen) atoms. The summed E-state index contributed by atoms with van der Waals surface area (Å²) in [5.74, 6) is 1.56. The standard InChI is InChI=1S/C22H28F3N5O2/c1-12(2)21-28-17(13-7-18(20(26)27-10-13)32-22(23,24)25)11-30(21)19-15-8-14(9-16(15)19)29-3-5-31-6-4-29/h7,10-12,14-16,19H,3-6,8-9H2,1-2H3,(H2,26,27)/t14-,15+,16-,19+. The molecule has 0 aromatic carbocycles. The van der Waals surface area contributed by atoms with Crippen LogP contribution in [0, 0.1) is 11.8 Å². The van der Waals surface area contributed by atoms with Crippen LogP contribution in [0.4, 0.5) is 19.0 Å². The van der Waals surface area contributed by atoms with Crippen molar-refractivity contribution in [2.75, 3.05) is 32.0 Å². The van der Waals surface area contributed by atoms with Crippen molar-refractivity contribution >= 4 is 5.82 Å². The van der Waals surface area contributed by atoms with E-state index in [9.17, 15) is 13.2 Å². The predicted octanol–water partition coefficient (Wildman–Crippen LogP) is 3.83. The maximum Gasteiger partial charge on any atom is 0.573 e. The van der Waals surface area contributed by atoms with Crippen molar-refractivity contribution in [3.63, 3.8) is 0 Å². The fraction of sp³-hybridized carbons (Fsp3) is 0.636. The first kappa shape index (κ1) is 21.5. The van der Waals surface area contributed by atoms with Gasteiger partial charge in [-0.3, -0.25) is 4.90 Å². The van der Waals surface area contributed by atoms with E-state index in [0.29, 0.717) is 35.2 Å². The van der Waals surface area contributed by atoms with Gasteiger partial charge in [0.25, 0.3) is 0 Å². The van der Waals surface area contributed by atoms with Crippen molar-refractivity contribution in [3.8, 4) is 17.0 Å². The molecule has 0 radical (unpaired) electrons. The Morgan fingerprint density at radius 1 is 1.19 bits per heavy atom. The summed E-state index contributed by atoms with van der Waals surface area (Å²) in [7, 11) is 0. The highest BCUT2D eigenvalue weighted by Gasteiger charge is 2.58. The molecular formula is C22H28F3N5O2. The quantitative estimate of drug-likeness (QED) is 0.745. The number of alkyl halides is 3. The number of rotatable bonds is 5. The summed E-state index contributed by atoms with van der Waals surface area (Å²) >= 11 is 0. The van der Waals surface area contributed by atoms with Gasteiger partial charge in [-0.2, -0.15) is 0 Å². The Balaban J connectivity index is 1.36. The Hall–Kier alpha value is -2.33. The van der Waals surface area contributed by atoms with Gasteiger partial charge in [-0.05, 0) is 30.7 Å². The Labute approximate surface area is 184 Å². The number of imidazole rings is 1. The molecule has 2 saturated carbocycles. The van der Waals surface area contributed by atoms with E-state index in [2.05, 4.69) is 33.0 Å². The Morgan fingerprint density at radius 3 is 2.50 bits per heavy atom. The number of nitrogens with zero attached hydrogens (tertiary/aromatic N) is 4. The summed E-state index contributed by atoms with van der Waals surface area (Å²) in [6, 6.07) is 2.28. The van der Waals surface area contributed by atoms with Crippen LogP contribution in [0.3, 0.4) is 0 Å². The monoisotopic (exact) mass is 451 g/mol. The zero-order valence-corrected chi connectivity index (χ0v) is 18.2. The fourth-order valence-electron chi connectivity index (χ4n) is 5.45. The lowest BCUT2D eigenvalue weighted by Gasteiger charge is -2.33. The smallest absolute Gasteiger partial charge is 0.402 e. The molecule has 0 unspecified atom stereocenters. The van der Waals surface area contributed by atoms with Gasteiger partial charge in [0.1, 0.15) is 5.82 Å². The van der Waals surface area contributed by atoms with Gasteiger partial charge in [0.05, 0.1) is 18.9 Å². The summed E-state index contributed by atoms with van der Waals surface area (Å²) < 4.78 is 49.9. The van der Waals surface area contributed by atoms with Crippen LogP contribution in [0.5, 0.6) is 5.75 Å². The van der Waals surface area contributed by atoms with E-state index in [-0.39, 0.29) is 11.7 Å². The van der Waals surface area contributed by atoms with Crippen LogP contribution in [0.2, 0.25) is 0 Å². The van der Waals surface area contributed by atoms with Crippen molar-refractivity contribution < 1.29 is 22.6 Å². The van der Waals surface area contributed by atoms with E-state index in [4.69, 9.17) is 15.5 Å². The molecule has 3 fully saturated rings. The zero-order chi connectivity index (χ0) is 22.6. The molecule has 7 nitrogen and oxygen atoms in total. The second-order valence-corrected chi connectivity index (χ2v) is 9.29. The lowest BCUT2D eigenvalue weighted by Crippen LogP contribution is -2.43. The van der Waals surface area contributed by atoms with Crippen molar-refractivity contribution in [3.05, 3.63) is 24.3 Å². The highest BCUT2D eigenvalue weighted by Crippen LogP contribution is 2.62. The second kappa shape index (κ2) is 7.91. The van der Waals surface area contributed by atoms with Crippen LogP contribution in [-0.2, 0) is 4.74 Å². The predicted molar refractivity (Wildman–Crippen MR) is 112 cm³/mol. The molecule has 4 atom stereocenters. The van der Waals surface area contributed by atoms with E-state index in [0.717, 1.165) is 32.1 Å². The molecular weight excluding hydrogens is 423 g/mol. The Bertz CT molecular complexity index is 974. The fourth-order valence-corrected chi connectivity index (χ4v) is 5.45. The largest absolute Gasteiger partial charge is 0.573 e. The van der Waals surface area contributed by atoms with Crippen molar-refractivity contribution in [1.82, 2.24) is 19.4 Å². The van der Waals surface area contributed by atoms with Crippen LogP contribution in [0.15, 0.2) is 18.5 Å². The van der Waals surface area contributed by atoms with Gasteiger partial charge in [0.2, 0.25) is 0 Å². The van der Waals surface area contributed by atoms with Crippen molar-refractivity contribution in [2.45, 2.75) is 51.1 Å².